The number of aryl methyl sites for hydroxylation is 1. The number of carboxylic acid groups (broad SMARTS) is 1. The van der Waals surface area contributed by atoms with E-state index in [1.54, 1.807) is 30.1 Å². The van der Waals surface area contributed by atoms with Gasteiger partial charge in [0, 0.05) is 30.7 Å². The molecule has 1 N–H and O–H groups in total. The standard InChI is InChI=1S/C17H21ClN2O4/c1-11-9-13(3-4-14(11)18)16(22)19(2)10-15(21)20-7-5-12(6-8-20)17(23)24/h3-4,9,12H,5-8,10H2,1-2H3,(H,23,24). The summed E-state index contributed by atoms with van der Waals surface area (Å²) in [6, 6.07) is 5.00. The average Bonchev–Trinajstić information content (AvgIpc) is 2.56. The molecule has 1 heterocycles. The van der Waals surface area contributed by atoms with Gasteiger partial charge in [-0.2, -0.15) is 0 Å². The molecule has 0 atom stereocenters. The van der Waals surface area contributed by atoms with E-state index in [9.17, 15) is 14.4 Å². The number of benzene rings is 1. The van der Waals surface area contributed by atoms with Crippen LogP contribution in [0.1, 0.15) is 28.8 Å². The fourth-order valence-corrected chi connectivity index (χ4v) is 2.87. The van der Waals surface area contributed by atoms with Gasteiger partial charge in [-0.15, -0.1) is 0 Å². The molecule has 1 aromatic rings. The Bertz CT molecular complexity index is 654. The number of amides is 2. The number of nitrogens with zero attached hydrogens (tertiary/aromatic N) is 2. The third kappa shape index (κ3) is 4.26. The summed E-state index contributed by atoms with van der Waals surface area (Å²) in [5.74, 6) is -1.61. The first-order chi connectivity index (χ1) is 11.3. The van der Waals surface area contributed by atoms with E-state index in [0.29, 0.717) is 36.5 Å². The molecule has 1 aromatic carbocycles. The number of hydrogen-bond donors (Lipinski definition) is 1. The highest BCUT2D eigenvalue weighted by Gasteiger charge is 2.28. The van der Waals surface area contributed by atoms with Crippen LogP contribution in [0.4, 0.5) is 0 Å². The van der Waals surface area contributed by atoms with Gasteiger partial charge in [-0.05, 0) is 43.5 Å². The first kappa shape index (κ1) is 18.3. The third-order valence-corrected chi connectivity index (χ3v) is 4.75. The van der Waals surface area contributed by atoms with Gasteiger partial charge in [0.2, 0.25) is 5.91 Å². The molecule has 1 saturated heterocycles. The van der Waals surface area contributed by atoms with Crippen LogP contribution < -0.4 is 0 Å². The zero-order valence-corrected chi connectivity index (χ0v) is 14.5. The lowest BCUT2D eigenvalue weighted by Crippen LogP contribution is -2.45. The fourth-order valence-electron chi connectivity index (χ4n) is 2.75. The Hall–Kier alpha value is -2.08. The van der Waals surface area contributed by atoms with E-state index >= 15 is 0 Å². The highest BCUT2D eigenvalue weighted by Crippen LogP contribution is 2.19. The quantitative estimate of drug-likeness (QED) is 0.899. The van der Waals surface area contributed by atoms with E-state index in [4.69, 9.17) is 16.7 Å². The van der Waals surface area contributed by atoms with Gasteiger partial charge in [-0.25, -0.2) is 0 Å². The van der Waals surface area contributed by atoms with Gasteiger partial charge < -0.3 is 14.9 Å². The molecule has 1 aliphatic rings. The predicted octanol–water partition coefficient (Wildman–Crippen LogP) is 2.04. The van der Waals surface area contributed by atoms with E-state index in [1.165, 1.54) is 4.90 Å². The number of likely N-dealkylation sites (tertiary alicyclic amines) is 1. The van der Waals surface area contributed by atoms with Crippen LogP contribution in [0.25, 0.3) is 0 Å². The lowest BCUT2D eigenvalue weighted by molar-refractivity contribution is -0.145. The number of likely N-dealkylation sites (N-methyl/N-ethyl adjacent to an activating group) is 1. The van der Waals surface area contributed by atoms with Crippen LogP contribution in [0.15, 0.2) is 18.2 Å². The summed E-state index contributed by atoms with van der Waals surface area (Å²) < 4.78 is 0. The summed E-state index contributed by atoms with van der Waals surface area (Å²) >= 11 is 5.96. The summed E-state index contributed by atoms with van der Waals surface area (Å²) in [6.07, 6.45) is 0.907. The zero-order valence-electron chi connectivity index (χ0n) is 13.8. The van der Waals surface area contributed by atoms with E-state index in [2.05, 4.69) is 0 Å². The van der Waals surface area contributed by atoms with Gasteiger partial charge in [0.1, 0.15) is 0 Å². The number of hydrogen-bond acceptors (Lipinski definition) is 3. The summed E-state index contributed by atoms with van der Waals surface area (Å²) in [5.41, 5.74) is 1.29. The number of carbonyl (C=O) groups excluding carboxylic acids is 2. The Morgan fingerprint density at radius 1 is 1.29 bits per heavy atom. The lowest BCUT2D eigenvalue weighted by Gasteiger charge is -2.31. The molecule has 0 bridgehead atoms. The SMILES string of the molecule is Cc1cc(C(=O)N(C)CC(=O)N2CCC(C(=O)O)CC2)ccc1Cl. The normalized spacial score (nSPS) is 15.2. The second-order valence-electron chi connectivity index (χ2n) is 6.12. The third-order valence-electron chi connectivity index (χ3n) is 4.32. The Balaban J connectivity index is 1.92. The van der Waals surface area contributed by atoms with Crippen molar-refractivity contribution in [2.45, 2.75) is 19.8 Å². The average molecular weight is 353 g/mol. The first-order valence-electron chi connectivity index (χ1n) is 7.81. The maximum atomic E-state index is 12.4. The molecule has 0 unspecified atom stereocenters. The van der Waals surface area contributed by atoms with Gasteiger partial charge in [-0.1, -0.05) is 11.6 Å². The molecule has 2 amide bonds. The van der Waals surface area contributed by atoms with Crippen LogP contribution in [0.5, 0.6) is 0 Å². The van der Waals surface area contributed by atoms with Gasteiger partial charge in [0.25, 0.3) is 5.91 Å². The maximum Gasteiger partial charge on any atom is 0.306 e. The fraction of sp³-hybridized carbons (Fsp3) is 0.471. The Labute approximate surface area is 146 Å². The predicted molar refractivity (Wildman–Crippen MR) is 90.1 cm³/mol. The largest absolute Gasteiger partial charge is 0.481 e. The number of rotatable bonds is 4. The minimum Gasteiger partial charge on any atom is -0.481 e. The van der Waals surface area contributed by atoms with Crippen molar-refractivity contribution in [3.63, 3.8) is 0 Å². The van der Waals surface area contributed by atoms with Gasteiger partial charge in [-0.3, -0.25) is 14.4 Å². The van der Waals surface area contributed by atoms with Crippen LogP contribution >= 0.6 is 11.6 Å². The summed E-state index contributed by atoms with van der Waals surface area (Å²) in [7, 11) is 1.58. The minimum absolute atomic E-state index is 0.0295. The molecule has 0 aliphatic carbocycles. The van der Waals surface area contributed by atoms with Crippen LogP contribution in [0.2, 0.25) is 5.02 Å². The van der Waals surface area contributed by atoms with Crippen molar-refractivity contribution < 1.29 is 19.5 Å². The highest BCUT2D eigenvalue weighted by molar-refractivity contribution is 6.31. The molecular formula is C17H21ClN2O4. The second kappa shape index (κ2) is 7.66. The molecular weight excluding hydrogens is 332 g/mol. The van der Waals surface area contributed by atoms with E-state index in [0.717, 1.165) is 5.56 Å². The molecule has 1 aliphatic heterocycles. The first-order valence-corrected chi connectivity index (χ1v) is 8.19. The Morgan fingerprint density at radius 3 is 2.46 bits per heavy atom. The topological polar surface area (TPSA) is 77.9 Å². The van der Waals surface area contributed by atoms with Crippen molar-refractivity contribution in [3.05, 3.63) is 34.3 Å². The molecule has 0 radical (unpaired) electrons. The monoisotopic (exact) mass is 352 g/mol. The summed E-state index contributed by atoms with van der Waals surface area (Å²) in [5, 5.41) is 9.57. The van der Waals surface area contributed by atoms with Crippen LogP contribution in [0.3, 0.4) is 0 Å². The highest BCUT2D eigenvalue weighted by atomic mass is 35.5. The van der Waals surface area contributed by atoms with Crippen molar-refractivity contribution in [2.75, 3.05) is 26.7 Å². The summed E-state index contributed by atoms with van der Waals surface area (Å²) in [4.78, 5) is 38.6. The number of carboxylic acids is 1. The molecule has 6 nitrogen and oxygen atoms in total. The van der Waals surface area contributed by atoms with E-state index in [-0.39, 0.29) is 24.3 Å². The maximum absolute atomic E-state index is 12.4. The molecule has 0 saturated carbocycles. The summed E-state index contributed by atoms with van der Waals surface area (Å²) in [6.45, 7) is 2.62. The van der Waals surface area contributed by atoms with Crippen molar-refractivity contribution >= 4 is 29.4 Å². The molecule has 7 heteroatoms. The lowest BCUT2D eigenvalue weighted by atomic mass is 9.97. The molecule has 2 rings (SSSR count). The van der Waals surface area contributed by atoms with Crippen molar-refractivity contribution in [1.29, 1.82) is 0 Å². The van der Waals surface area contributed by atoms with Crippen LogP contribution in [-0.2, 0) is 9.59 Å². The molecule has 24 heavy (non-hydrogen) atoms. The molecule has 0 aromatic heterocycles. The number of piperidine rings is 1. The molecule has 1 fully saturated rings. The van der Waals surface area contributed by atoms with E-state index in [1.807, 2.05) is 6.92 Å². The smallest absolute Gasteiger partial charge is 0.306 e. The van der Waals surface area contributed by atoms with Gasteiger partial charge >= 0.3 is 5.97 Å². The molecule has 130 valence electrons. The van der Waals surface area contributed by atoms with Crippen LogP contribution in [-0.4, -0.2) is 59.4 Å². The van der Waals surface area contributed by atoms with Gasteiger partial charge in [0.05, 0.1) is 12.5 Å². The zero-order chi connectivity index (χ0) is 17.9. The second-order valence-corrected chi connectivity index (χ2v) is 6.53. The number of halogens is 1. The Kier molecular flexibility index (Phi) is 5.83. The van der Waals surface area contributed by atoms with Crippen molar-refractivity contribution in [3.8, 4) is 0 Å². The van der Waals surface area contributed by atoms with Crippen molar-refractivity contribution in [2.24, 2.45) is 5.92 Å². The molecule has 0 spiro atoms. The van der Waals surface area contributed by atoms with E-state index < -0.39 is 5.97 Å². The van der Waals surface area contributed by atoms with Gasteiger partial charge in [0.15, 0.2) is 0 Å². The van der Waals surface area contributed by atoms with Crippen LogP contribution in [0, 0.1) is 12.8 Å². The number of aliphatic carboxylic acids is 1. The number of carbonyl (C=O) groups is 3. The Morgan fingerprint density at radius 2 is 1.92 bits per heavy atom. The minimum atomic E-state index is -0.812. The van der Waals surface area contributed by atoms with Crippen molar-refractivity contribution in [1.82, 2.24) is 9.80 Å².